The Balaban J connectivity index is 2.09. The van der Waals surface area contributed by atoms with Gasteiger partial charge in [-0.2, -0.15) is 0 Å². The number of carbonyl (C=O) groups is 1. The Morgan fingerprint density at radius 1 is 0.913 bits per heavy atom. The van der Waals surface area contributed by atoms with Crippen LogP contribution in [-0.2, 0) is 4.79 Å². The Kier molecular flexibility index (Phi) is 5.43. The number of aryl methyl sites for hydroxylation is 3. The predicted octanol–water partition coefficient (Wildman–Crippen LogP) is 4.79. The molecule has 122 valence electrons. The van der Waals surface area contributed by atoms with E-state index in [1.54, 1.807) is 0 Å². The molecule has 0 spiro atoms. The summed E-state index contributed by atoms with van der Waals surface area (Å²) in [5.41, 5.74) is 6.54. The zero-order valence-electron chi connectivity index (χ0n) is 14.7. The Morgan fingerprint density at radius 2 is 1.43 bits per heavy atom. The molecule has 0 bridgehead atoms. The number of nitrogens with one attached hydrogen (secondary N) is 2. The van der Waals surface area contributed by atoms with Gasteiger partial charge in [0, 0.05) is 11.4 Å². The first-order chi connectivity index (χ1) is 10.9. The second-order valence-electron chi connectivity index (χ2n) is 6.36. The molecule has 0 heterocycles. The van der Waals surface area contributed by atoms with Gasteiger partial charge in [-0.15, -0.1) is 0 Å². The maximum Gasteiger partial charge on any atom is 0.243 e. The van der Waals surface area contributed by atoms with Crippen LogP contribution in [0.25, 0.3) is 0 Å². The SMILES string of the molecule is Cc1cccc(C)c1NC(=O)CNc1c(C)cccc1C(C)C. The van der Waals surface area contributed by atoms with Crippen LogP contribution in [0.15, 0.2) is 36.4 Å². The lowest BCUT2D eigenvalue weighted by Gasteiger charge is -2.18. The molecule has 2 aromatic rings. The number of benzene rings is 2. The fraction of sp³-hybridized carbons (Fsp3) is 0.350. The first-order valence-electron chi connectivity index (χ1n) is 8.09. The van der Waals surface area contributed by atoms with E-state index in [1.807, 2.05) is 32.0 Å². The molecule has 2 aromatic carbocycles. The van der Waals surface area contributed by atoms with Crippen molar-refractivity contribution in [3.8, 4) is 0 Å². The third-order valence-corrected chi connectivity index (χ3v) is 4.10. The van der Waals surface area contributed by atoms with Gasteiger partial charge in [0.1, 0.15) is 0 Å². The Labute approximate surface area is 139 Å². The molecule has 0 aromatic heterocycles. The van der Waals surface area contributed by atoms with Gasteiger partial charge in [-0.3, -0.25) is 4.79 Å². The lowest BCUT2D eigenvalue weighted by Crippen LogP contribution is -2.23. The zero-order chi connectivity index (χ0) is 17.0. The van der Waals surface area contributed by atoms with Crippen LogP contribution >= 0.6 is 0 Å². The second-order valence-corrected chi connectivity index (χ2v) is 6.36. The summed E-state index contributed by atoms with van der Waals surface area (Å²) < 4.78 is 0. The molecule has 0 fully saturated rings. The van der Waals surface area contributed by atoms with E-state index in [1.165, 1.54) is 5.56 Å². The van der Waals surface area contributed by atoms with Gasteiger partial charge in [0.15, 0.2) is 0 Å². The fourth-order valence-electron chi connectivity index (χ4n) is 2.78. The molecule has 3 nitrogen and oxygen atoms in total. The van der Waals surface area contributed by atoms with E-state index in [4.69, 9.17) is 0 Å². The van der Waals surface area contributed by atoms with Crippen LogP contribution in [0.5, 0.6) is 0 Å². The Hall–Kier alpha value is -2.29. The van der Waals surface area contributed by atoms with Crippen molar-refractivity contribution in [3.63, 3.8) is 0 Å². The maximum absolute atomic E-state index is 12.3. The molecule has 2 N–H and O–H groups in total. The van der Waals surface area contributed by atoms with Crippen LogP contribution < -0.4 is 10.6 Å². The molecule has 1 amide bonds. The van der Waals surface area contributed by atoms with Gasteiger partial charge in [-0.1, -0.05) is 50.2 Å². The third kappa shape index (κ3) is 4.13. The van der Waals surface area contributed by atoms with Crippen LogP contribution in [0.4, 0.5) is 11.4 Å². The lowest BCUT2D eigenvalue weighted by molar-refractivity contribution is -0.114. The molecule has 0 radical (unpaired) electrons. The normalized spacial score (nSPS) is 10.7. The van der Waals surface area contributed by atoms with E-state index in [2.05, 4.69) is 49.6 Å². The van der Waals surface area contributed by atoms with Gasteiger partial charge >= 0.3 is 0 Å². The van der Waals surface area contributed by atoms with Crippen LogP contribution in [0.1, 0.15) is 42.0 Å². The van der Waals surface area contributed by atoms with Crippen molar-refractivity contribution in [2.75, 3.05) is 17.2 Å². The van der Waals surface area contributed by atoms with Gasteiger partial charge in [0.2, 0.25) is 5.91 Å². The summed E-state index contributed by atoms with van der Waals surface area (Å²) >= 11 is 0. The highest BCUT2D eigenvalue weighted by molar-refractivity contribution is 5.95. The molecule has 0 aliphatic heterocycles. The average Bonchev–Trinajstić information content (AvgIpc) is 2.49. The van der Waals surface area contributed by atoms with Crippen molar-refractivity contribution < 1.29 is 4.79 Å². The number of rotatable bonds is 5. The first kappa shape index (κ1) is 17.1. The van der Waals surface area contributed by atoms with E-state index in [9.17, 15) is 4.79 Å². The Bertz CT molecular complexity index is 685. The number of anilines is 2. The van der Waals surface area contributed by atoms with Gasteiger partial charge in [0.25, 0.3) is 0 Å². The molecule has 0 atom stereocenters. The molecule has 23 heavy (non-hydrogen) atoms. The third-order valence-electron chi connectivity index (χ3n) is 4.10. The summed E-state index contributed by atoms with van der Waals surface area (Å²) in [6, 6.07) is 12.3. The molecule has 3 heteroatoms. The number of para-hydroxylation sites is 2. The highest BCUT2D eigenvalue weighted by atomic mass is 16.1. The van der Waals surface area contributed by atoms with Crippen LogP contribution in [0.3, 0.4) is 0 Å². The van der Waals surface area contributed by atoms with Crippen molar-refractivity contribution in [2.45, 2.75) is 40.5 Å². The van der Waals surface area contributed by atoms with Crippen LogP contribution in [0.2, 0.25) is 0 Å². The van der Waals surface area contributed by atoms with Gasteiger partial charge in [-0.25, -0.2) is 0 Å². The van der Waals surface area contributed by atoms with E-state index < -0.39 is 0 Å². The van der Waals surface area contributed by atoms with Crippen molar-refractivity contribution in [1.29, 1.82) is 0 Å². The van der Waals surface area contributed by atoms with Gasteiger partial charge in [-0.05, 0) is 48.9 Å². The largest absolute Gasteiger partial charge is 0.376 e. The summed E-state index contributed by atoms with van der Waals surface area (Å²) in [4.78, 5) is 12.3. The number of hydrogen-bond acceptors (Lipinski definition) is 2. The van der Waals surface area contributed by atoms with E-state index in [-0.39, 0.29) is 12.5 Å². The van der Waals surface area contributed by atoms with Crippen molar-refractivity contribution in [3.05, 3.63) is 58.7 Å². The fourth-order valence-corrected chi connectivity index (χ4v) is 2.78. The van der Waals surface area contributed by atoms with Crippen LogP contribution in [0, 0.1) is 20.8 Å². The maximum atomic E-state index is 12.3. The summed E-state index contributed by atoms with van der Waals surface area (Å²) in [5, 5.41) is 6.33. The highest BCUT2D eigenvalue weighted by Crippen LogP contribution is 2.27. The number of hydrogen-bond donors (Lipinski definition) is 2. The lowest BCUT2D eigenvalue weighted by atomic mass is 9.98. The zero-order valence-corrected chi connectivity index (χ0v) is 14.7. The standard InChI is InChI=1S/C20H26N2O/c1-13(2)17-11-7-10-16(5)20(17)21-12-18(23)22-19-14(3)8-6-9-15(19)4/h6-11,13,21H,12H2,1-5H3,(H,22,23). The van der Waals surface area contributed by atoms with Gasteiger partial charge < -0.3 is 10.6 Å². The Morgan fingerprint density at radius 3 is 2.00 bits per heavy atom. The molecule has 0 unspecified atom stereocenters. The number of carbonyl (C=O) groups excluding carboxylic acids is 1. The molecular formula is C20H26N2O. The monoisotopic (exact) mass is 310 g/mol. The van der Waals surface area contributed by atoms with Crippen molar-refractivity contribution in [1.82, 2.24) is 0 Å². The predicted molar refractivity (Wildman–Crippen MR) is 98.3 cm³/mol. The smallest absolute Gasteiger partial charge is 0.243 e. The minimum absolute atomic E-state index is 0.0274. The molecule has 0 saturated carbocycles. The van der Waals surface area contributed by atoms with E-state index in [0.29, 0.717) is 5.92 Å². The number of amides is 1. The first-order valence-corrected chi connectivity index (χ1v) is 8.09. The average molecular weight is 310 g/mol. The molecule has 0 aliphatic carbocycles. The molecule has 0 aliphatic rings. The van der Waals surface area contributed by atoms with Crippen molar-refractivity contribution >= 4 is 17.3 Å². The minimum atomic E-state index is -0.0274. The van der Waals surface area contributed by atoms with Crippen LogP contribution in [-0.4, -0.2) is 12.5 Å². The molecular weight excluding hydrogens is 284 g/mol. The minimum Gasteiger partial charge on any atom is -0.376 e. The molecule has 2 rings (SSSR count). The summed E-state index contributed by atoms with van der Waals surface area (Å²) in [6.07, 6.45) is 0. The molecule has 0 saturated heterocycles. The van der Waals surface area contributed by atoms with Gasteiger partial charge in [0.05, 0.1) is 6.54 Å². The van der Waals surface area contributed by atoms with E-state index >= 15 is 0 Å². The highest BCUT2D eigenvalue weighted by Gasteiger charge is 2.11. The van der Waals surface area contributed by atoms with Crippen molar-refractivity contribution in [2.24, 2.45) is 0 Å². The quantitative estimate of drug-likeness (QED) is 0.834. The van der Waals surface area contributed by atoms with E-state index in [0.717, 1.165) is 28.1 Å². The summed E-state index contributed by atoms with van der Waals surface area (Å²) in [5.74, 6) is 0.388. The topological polar surface area (TPSA) is 41.1 Å². The summed E-state index contributed by atoms with van der Waals surface area (Å²) in [6.45, 7) is 10.7. The summed E-state index contributed by atoms with van der Waals surface area (Å²) in [7, 11) is 0. The second kappa shape index (κ2) is 7.32.